The van der Waals surface area contributed by atoms with Crippen molar-refractivity contribution in [2.45, 2.75) is 31.7 Å². The molecule has 0 radical (unpaired) electrons. The van der Waals surface area contributed by atoms with E-state index in [0.717, 1.165) is 6.42 Å². The van der Waals surface area contributed by atoms with Crippen LogP contribution in [0, 0.1) is 5.41 Å². The molecule has 104 valence electrons. The number of nitrogens with zero attached hydrogens (tertiary/aromatic N) is 2. The second-order valence-corrected chi connectivity index (χ2v) is 6.91. The van der Waals surface area contributed by atoms with Gasteiger partial charge in [0.05, 0.1) is 6.33 Å². The molecular weight excluding hydrogens is 254 g/mol. The molecule has 0 aliphatic rings. The fourth-order valence-electron chi connectivity index (χ4n) is 1.54. The number of hydrogen-bond donors (Lipinski definition) is 2. The highest BCUT2D eigenvalue weighted by molar-refractivity contribution is 7.89. The summed E-state index contributed by atoms with van der Waals surface area (Å²) >= 11 is 0. The Hall–Kier alpha value is -0.920. The molecule has 2 N–H and O–H groups in total. The van der Waals surface area contributed by atoms with Gasteiger partial charge in [-0.05, 0) is 18.3 Å². The van der Waals surface area contributed by atoms with Gasteiger partial charge >= 0.3 is 0 Å². The lowest BCUT2D eigenvalue weighted by Gasteiger charge is -2.24. The minimum Gasteiger partial charge on any atom is -0.396 e. The van der Waals surface area contributed by atoms with Gasteiger partial charge in [-0.3, -0.25) is 0 Å². The smallest absolute Gasteiger partial charge is 0.259 e. The summed E-state index contributed by atoms with van der Waals surface area (Å²) in [6.07, 6.45) is 4.33. The van der Waals surface area contributed by atoms with Gasteiger partial charge in [-0.25, -0.2) is 18.1 Å². The van der Waals surface area contributed by atoms with Crippen LogP contribution >= 0.6 is 0 Å². The molecule has 1 aromatic rings. The molecule has 0 spiro atoms. The number of sulfonamides is 1. The summed E-state index contributed by atoms with van der Waals surface area (Å²) in [5.41, 5.74) is -0.190. The Morgan fingerprint density at radius 1 is 1.50 bits per heavy atom. The highest BCUT2D eigenvalue weighted by atomic mass is 32.2. The Balaban J connectivity index is 2.62. The molecule has 0 saturated carbocycles. The zero-order valence-electron chi connectivity index (χ0n) is 11.0. The highest BCUT2D eigenvalue weighted by Crippen LogP contribution is 2.21. The van der Waals surface area contributed by atoms with Crippen molar-refractivity contribution in [2.75, 3.05) is 13.2 Å². The molecular formula is C11H21N3O3S. The number of hydrogen-bond acceptors (Lipinski definition) is 4. The van der Waals surface area contributed by atoms with Crippen molar-refractivity contribution in [2.24, 2.45) is 12.5 Å². The topological polar surface area (TPSA) is 84.2 Å². The summed E-state index contributed by atoms with van der Waals surface area (Å²) in [6.45, 7) is 4.37. The van der Waals surface area contributed by atoms with E-state index in [1.54, 1.807) is 11.6 Å². The highest BCUT2D eigenvalue weighted by Gasteiger charge is 2.23. The molecule has 6 nitrogen and oxygen atoms in total. The van der Waals surface area contributed by atoms with Crippen molar-refractivity contribution >= 4 is 10.0 Å². The summed E-state index contributed by atoms with van der Waals surface area (Å²) in [4.78, 5) is 3.82. The summed E-state index contributed by atoms with van der Waals surface area (Å²) in [5.74, 6) is 0. The number of aliphatic hydroxyl groups is 1. The van der Waals surface area contributed by atoms with Crippen LogP contribution in [0.4, 0.5) is 0 Å². The Labute approximate surface area is 108 Å². The van der Waals surface area contributed by atoms with Crippen LogP contribution in [-0.4, -0.2) is 36.2 Å². The second-order valence-electron chi connectivity index (χ2n) is 5.19. The van der Waals surface area contributed by atoms with E-state index in [1.165, 1.54) is 12.5 Å². The molecule has 0 aliphatic heterocycles. The Bertz CT molecular complexity index is 479. The number of imidazole rings is 1. The average molecular weight is 275 g/mol. The first kappa shape index (κ1) is 15.1. The van der Waals surface area contributed by atoms with Gasteiger partial charge in [0.1, 0.15) is 0 Å². The lowest BCUT2D eigenvalue weighted by atomic mass is 9.88. The van der Waals surface area contributed by atoms with Crippen LogP contribution in [0.5, 0.6) is 0 Å². The zero-order chi connectivity index (χ0) is 13.8. The van der Waals surface area contributed by atoms with Crippen molar-refractivity contribution in [3.05, 3.63) is 12.5 Å². The molecule has 0 bridgehead atoms. The van der Waals surface area contributed by atoms with Gasteiger partial charge < -0.3 is 9.67 Å². The number of aliphatic hydroxyl groups excluding tert-OH is 1. The van der Waals surface area contributed by atoms with Crippen LogP contribution in [0.3, 0.4) is 0 Å². The van der Waals surface area contributed by atoms with Gasteiger partial charge in [-0.2, -0.15) is 0 Å². The lowest BCUT2D eigenvalue weighted by molar-refractivity contribution is 0.242. The maximum atomic E-state index is 11.9. The van der Waals surface area contributed by atoms with Gasteiger partial charge in [0.25, 0.3) is 10.0 Å². The van der Waals surface area contributed by atoms with Crippen molar-refractivity contribution in [1.82, 2.24) is 14.3 Å². The fourth-order valence-corrected chi connectivity index (χ4v) is 2.76. The first-order valence-corrected chi connectivity index (χ1v) is 7.34. The van der Waals surface area contributed by atoms with E-state index < -0.39 is 10.0 Å². The second kappa shape index (κ2) is 5.81. The van der Waals surface area contributed by atoms with Gasteiger partial charge in [0.15, 0.2) is 5.03 Å². The normalized spacial score (nSPS) is 12.9. The molecule has 1 aromatic heterocycles. The minimum absolute atomic E-state index is 0.0305. The summed E-state index contributed by atoms with van der Waals surface area (Å²) in [5, 5.41) is 8.82. The van der Waals surface area contributed by atoms with Crippen molar-refractivity contribution in [1.29, 1.82) is 0 Å². The SMILES string of the molecule is Cn1cnc(S(=O)(=O)NCC(C)(C)CCCO)c1. The molecule has 0 amide bonds. The van der Waals surface area contributed by atoms with Crippen molar-refractivity contribution in [3.63, 3.8) is 0 Å². The van der Waals surface area contributed by atoms with E-state index in [9.17, 15) is 8.42 Å². The largest absolute Gasteiger partial charge is 0.396 e. The Morgan fingerprint density at radius 3 is 2.67 bits per heavy atom. The molecule has 18 heavy (non-hydrogen) atoms. The van der Waals surface area contributed by atoms with E-state index in [1.807, 2.05) is 13.8 Å². The van der Waals surface area contributed by atoms with Gasteiger partial charge in [0, 0.05) is 26.4 Å². The number of aromatic nitrogens is 2. The summed E-state index contributed by atoms with van der Waals surface area (Å²) in [7, 11) is -1.82. The van der Waals surface area contributed by atoms with Crippen LogP contribution in [0.2, 0.25) is 0 Å². The summed E-state index contributed by atoms with van der Waals surface area (Å²) in [6, 6.07) is 0. The van der Waals surface area contributed by atoms with Crippen LogP contribution in [-0.2, 0) is 17.1 Å². The third-order valence-electron chi connectivity index (χ3n) is 2.71. The van der Waals surface area contributed by atoms with Gasteiger partial charge in [-0.15, -0.1) is 0 Å². The maximum absolute atomic E-state index is 11.9. The molecule has 0 fully saturated rings. The number of rotatable bonds is 7. The molecule has 0 unspecified atom stereocenters. The lowest BCUT2D eigenvalue weighted by Crippen LogP contribution is -2.34. The van der Waals surface area contributed by atoms with Crippen LogP contribution < -0.4 is 4.72 Å². The molecule has 0 saturated heterocycles. The Kier molecular flexibility index (Phi) is 4.89. The minimum atomic E-state index is -3.54. The van der Waals surface area contributed by atoms with E-state index >= 15 is 0 Å². The molecule has 0 aromatic carbocycles. The first-order valence-electron chi connectivity index (χ1n) is 5.85. The van der Waals surface area contributed by atoms with Gasteiger partial charge in [0.2, 0.25) is 0 Å². The van der Waals surface area contributed by atoms with Crippen molar-refractivity contribution < 1.29 is 13.5 Å². The molecule has 1 rings (SSSR count). The fraction of sp³-hybridized carbons (Fsp3) is 0.727. The monoisotopic (exact) mass is 275 g/mol. The molecule has 0 atom stereocenters. The molecule has 0 aliphatic carbocycles. The quantitative estimate of drug-likeness (QED) is 0.759. The standard InChI is InChI=1S/C11H21N3O3S/c1-11(2,5-4-6-15)8-13-18(16,17)10-7-14(3)9-12-10/h7,9,13,15H,4-6,8H2,1-3H3. The van der Waals surface area contributed by atoms with E-state index in [0.29, 0.717) is 13.0 Å². The third-order valence-corrected chi connectivity index (χ3v) is 3.99. The van der Waals surface area contributed by atoms with Gasteiger partial charge in [-0.1, -0.05) is 13.8 Å². The number of nitrogens with one attached hydrogen (secondary N) is 1. The molecule has 1 heterocycles. The third kappa shape index (κ3) is 4.40. The first-order chi connectivity index (χ1) is 8.27. The number of aryl methyl sites for hydroxylation is 1. The predicted molar refractivity (Wildman–Crippen MR) is 68.5 cm³/mol. The van der Waals surface area contributed by atoms with Crippen LogP contribution in [0.1, 0.15) is 26.7 Å². The van der Waals surface area contributed by atoms with Crippen molar-refractivity contribution in [3.8, 4) is 0 Å². The van der Waals surface area contributed by atoms with E-state index in [2.05, 4.69) is 9.71 Å². The Morgan fingerprint density at radius 2 is 2.17 bits per heavy atom. The molecule has 7 heteroatoms. The predicted octanol–water partition coefficient (Wildman–Crippen LogP) is 0.497. The summed E-state index contributed by atoms with van der Waals surface area (Å²) < 4.78 is 28.0. The van der Waals surface area contributed by atoms with Crippen LogP contribution in [0.15, 0.2) is 17.6 Å². The van der Waals surface area contributed by atoms with E-state index in [4.69, 9.17) is 5.11 Å². The zero-order valence-corrected chi connectivity index (χ0v) is 11.9. The average Bonchev–Trinajstić information content (AvgIpc) is 2.72. The van der Waals surface area contributed by atoms with Crippen LogP contribution in [0.25, 0.3) is 0 Å². The maximum Gasteiger partial charge on any atom is 0.259 e. The van der Waals surface area contributed by atoms with E-state index in [-0.39, 0.29) is 17.0 Å².